The second-order valence-corrected chi connectivity index (χ2v) is 9.12. The van der Waals surface area contributed by atoms with Gasteiger partial charge in [-0.3, -0.25) is 9.59 Å². The molecule has 2 saturated carbocycles. The van der Waals surface area contributed by atoms with E-state index in [1.807, 2.05) is 50.2 Å². The largest absolute Gasteiger partial charge is 0.488 e. The Kier molecular flexibility index (Phi) is 7.66. The third-order valence-corrected chi connectivity index (χ3v) is 6.82. The summed E-state index contributed by atoms with van der Waals surface area (Å²) in [7, 11) is 0. The van der Waals surface area contributed by atoms with E-state index in [4.69, 9.17) is 23.7 Å². The van der Waals surface area contributed by atoms with Crippen molar-refractivity contribution < 1.29 is 38.4 Å². The second kappa shape index (κ2) is 10.7. The van der Waals surface area contributed by atoms with Crippen LogP contribution in [0.5, 0.6) is 5.75 Å². The molecule has 1 heterocycles. The first-order valence-corrected chi connectivity index (χ1v) is 12.3. The normalized spacial score (nSPS) is 16.8. The maximum Gasteiger partial charge on any atom is 0.314 e. The Balaban J connectivity index is 0.000000178. The number of hydrogen-bond donors (Lipinski definition) is 2. The van der Waals surface area contributed by atoms with Crippen molar-refractivity contribution in [3.05, 3.63) is 65.9 Å². The summed E-state index contributed by atoms with van der Waals surface area (Å²) in [5, 5.41) is 19.4. The van der Waals surface area contributed by atoms with Gasteiger partial charge in [-0.05, 0) is 81.0 Å². The monoisotopic (exact) mass is 496 g/mol. The zero-order valence-corrected chi connectivity index (χ0v) is 20.6. The minimum absolute atomic E-state index is 0.311. The molecule has 0 atom stereocenters. The molecule has 2 aromatic carbocycles. The third kappa shape index (κ3) is 5.39. The molecule has 36 heavy (non-hydrogen) atoms. The van der Waals surface area contributed by atoms with E-state index in [1.165, 1.54) is 0 Å². The van der Waals surface area contributed by atoms with Gasteiger partial charge in [0.15, 0.2) is 6.29 Å². The van der Waals surface area contributed by atoms with Gasteiger partial charge >= 0.3 is 11.9 Å². The summed E-state index contributed by atoms with van der Waals surface area (Å²) in [4.78, 5) is 22.4. The zero-order valence-electron chi connectivity index (χ0n) is 20.6. The van der Waals surface area contributed by atoms with Crippen molar-refractivity contribution in [1.82, 2.24) is 0 Å². The van der Waals surface area contributed by atoms with E-state index in [1.54, 1.807) is 18.4 Å². The lowest BCUT2D eigenvalue weighted by Gasteiger charge is -2.18. The molecule has 5 rings (SSSR count). The molecular formula is C28H32O8. The van der Waals surface area contributed by atoms with Gasteiger partial charge in [0.1, 0.15) is 17.9 Å². The minimum atomic E-state index is -0.746. The van der Waals surface area contributed by atoms with Crippen LogP contribution in [0, 0.1) is 0 Å². The number of aliphatic carboxylic acids is 2. The van der Waals surface area contributed by atoms with Crippen LogP contribution in [0.4, 0.5) is 0 Å². The molecule has 2 aliphatic carbocycles. The fraction of sp³-hybridized carbons (Fsp3) is 0.429. The molecular weight excluding hydrogens is 464 g/mol. The summed E-state index contributed by atoms with van der Waals surface area (Å²) < 4.78 is 21.6. The number of furan rings is 1. The van der Waals surface area contributed by atoms with Crippen molar-refractivity contribution >= 4 is 22.9 Å². The van der Waals surface area contributed by atoms with Gasteiger partial charge in [-0.15, -0.1) is 0 Å². The van der Waals surface area contributed by atoms with Gasteiger partial charge in [0.05, 0.1) is 17.1 Å². The number of hydrogen-bond acceptors (Lipinski definition) is 6. The van der Waals surface area contributed by atoms with Crippen molar-refractivity contribution in [3.8, 4) is 5.75 Å². The Morgan fingerprint density at radius 2 is 1.42 bits per heavy atom. The Morgan fingerprint density at radius 1 is 0.861 bits per heavy atom. The quantitative estimate of drug-likeness (QED) is 0.351. The average Bonchev–Trinajstić information content (AvgIpc) is 3.80. The van der Waals surface area contributed by atoms with Gasteiger partial charge in [-0.25, -0.2) is 0 Å². The zero-order chi connectivity index (χ0) is 25.8. The lowest BCUT2D eigenvalue weighted by atomic mass is 9.95. The SMILES string of the molecule is CCOC(COc1ccc(C2(C(=O)O)CC2)cc1)OCC.O=C(O)C1(c2ccc3occc3c2)CC1. The molecule has 8 nitrogen and oxygen atoms in total. The van der Waals surface area contributed by atoms with Crippen LogP contribution < -0.4 is 4.74 Å². The van der Waals surface area contributed by atoms with E-state index in [0.717, 1.165) is 34.9 Å². The topological polar surface area (TPSA) is 115 Å². The molecule has 8 heteroatoms. The fourth-order valence-electron chi connectivity index (χ4n) is 4.32. The molecule has 2 N–H and O–H groups in total. The number of carbonyl (C=O) groups is 2. The summed E-state index contributed by atoms with van der Waals surface area (Å²) in [6.07, 6.45) is 4.14. The molecule has 0 spiro atoms. The Hall–Kier alpha value is -3.36. The maximum absolute atomic E-state index is 11.3. The van der Waals surface area contributed by atoms with Crippen LogP contribution >= 0.6 is 0 Å². The van der Waals surface area contributed by atoms with Crippen molar-refractivity contribution in [1.29, 1.82) is 0 Å². The standard InChI is InChI=1S/C16H22O5.C12H10O3/c1-3-19-14(20-4-2)11-21-13-7-5-12(6-8-13)16(9-10-16)15(17)18;13-11(14)12(4-5-12)9-1-2-10-8(7-9)3-6-15-10/h5-8,14H,3-4,9-11H2,1-2H3,(H,17,18);1-3,6-7H,4-5H2,(H,13,14). The minimum Gasteiger partial charge on any atom is -0.488 e. The highest BCUT2D eigenvalue weighted by Crippen LogP contribution is 2.49. The summed E-state index contributed by atoms with van der Waals surface area (Å²) in [6.45, 7) is 5.25. The predicted molar refractivity (Wildman–Crippen MR) is 132 cm³/mol. The molecule has 2 fully saturated rings. The van der Waals surface area contributed by atoms with Gasteiger partial charge in [0.25, 0.3) is 0 Å². The summed E-state index contributed by atoms with van der Waals surface area (Å²) in [5.74, 6) is -0.779. The van der Waals surface area contributed by atoms with Gasteiger partial charge < -0.3 is 28.8 Å². The third-order valence-electron chi connectivity index (χ3n) is 6.82. The first-order valence-electron chi connectivity index (χ1n) is 12.3. The van der Waals surface area contributed by atoms with Crippen LogP contribution in [0.1, 0.15) is 50.7 Å². The fourth-order valence-corrected chi connectivity index (χ4v) is 4.32. The van der Waals surface area contributed by atoms with Crippen LogP contribution in [0.2, 0.25) is 0 Å². The molecule has 0 amide bonds. The highest BCUT2D eigenvalue weighted by atomic mass is 16.7. The molecule has 0 saturated heterocycles. The van der Waals surface area contributed by atoms with Gasteiger partial charge in [-0.1, -0.05) is 18.2 Å². The highest BCUT2D eigenvalue weighted by molar-refractivity contribution is 5.87. The van der Waals surface area contributed by atoms with Gasteiger partial charge in [0, 0.05) is 18.6 Å². The van der Waals surface area contributed by atoms with E-state index in [9.17, 15) is 14.7 Å². The molecule has 2 aliphatic rings. The number of ether oxygens (including phenoxy) is 3. The molecule has 0 unspecified atom stereocenters. The first-order chi connectivity index (χ1) is 17.3. The lowest BCUT2D eigenvalue weighted by Crippen LogP contribution is -2.25. The Bertz CT molecular complexity index is 1180. The molecule has 192 valence electrons. The maximum atomic E-state index is 11.3. The first kappa shape index (κ1) is 25.7. The predicted octanol–water partition coefficient (Wildman–Crippen LogP) is 5.13. The van der Waals surface area contributed by atoms with Crippen LogP contribution in [0.3, 0.4) is 0 Å². The van der Waals surface area contributed by atoms with Crippen molar-refractivity contribution in [2.45, 2.75) is 56.7 Å². The van der Waals surface area contributed by atoms with E-state index in [2.05, 4.69) is 0 Å². The van der Waals surface area contributed by atoms with Crippen molar-refractivity contribution in [2.75, 3.05) is 19.8 Å². The van der Waals surface area contributed by atoms with Crippen LogP contribution in [-0.4, -0.2) is 48.3 Å². The number of rotatable bonds is 11. The number of fused-ring (bicyclic) bond motifs is 1. The van der Waals surface area contributed by atoms with E-state index < -0.39 is 22.8 Å². The summed E-state index contributed by atoms with van der Waals surface area (Å²) in [6, 6.07) is 14.7. The van der Waals surface area contributed by atoms with Crippen LogP contribution in [0.15, 0.2) is 59.2 Å². The van der Waals surface area contributed by atoms with E-state index >= 15 is 0 Å². The highest BCUT2D eigenvalue weighted by Gasteiger charge is 2.52. The number of carboxylic acids is 2. The number of carboxylic acid groups (broad SMARTS) is 2. The summed E-state index contributed by atoms with van der Waals surface area (Å²) >= 11 is 0. The smallest absolute Gasteiger partial charge is 0.314 e. The van der Waals surface area contributed by atoms with E-state index in [-0.39, 0.29) is 6.29 Å². The van der Waals surface area contributed by atoms with Gasteiger partial charge in [0.2, 0.25) is 0 Å². The molecule has 0 radical (unpaired) electrons. The molecule has 1 aromatic heterocycles. The van der Waals surface area contributed by atoms with Gasteiger partial charge in [-0.2, -0.15) is 0 Å². The van der Waals surface area contributed by atoms with Crippen molar-refractivity contribution in [3.63, 3.8) is 0 Å². The Morgan fingerprint density at radius 3 is 1.94 bits per heavy atom. The van der Waals surface area contributed by atoms with Crippen LogP contribution in [0.25, 0.3) is 11.0 Å². The van der Waals surface area contributed by atoms with Crippen LogP contribution in [-0.2, 0) is 29.9 Å². The molecule has 0 aliphatic heterocycles. The average molecular weight is 497 g/mol. The molecule has 0 bridgehead atoms. The second-order valence-electron chi connectivity index (χ2n) is 9.12. The Labute approximate surface area is 209 Å². The lowest BCUT2D eigenvalue weighted by molar-refractivity contribution is -0.152. The van der Waals surface area contributed by atoms with Crippen molar-refractivity contribution in [2.24, 2.45) is 0 Å². The molecule has 3 aromatic rings. The van der Waals surface area contributed by atoms with E-state index in [0.29, 0.717) is 38.4 Å². The number of benzene rings is 2. The summed E-state index contributed by atoms with van der Waals surface area (Å²) in [5.41, 5.74) is 1.25.